The Labute approximate surface area is 146 Å². The Hall–Kier alpha value is -3.17. The number of ether oxygens (including phenoxy) is 2. The van der Waals surface area contributed by atoms with Crippen LogP contribution in [-0.2, 0) is 9.53 Å². The summed E-state index contributed by atoms with van der Waals surface area (Å²) in [6.07, 6.45) is 6.28. The van der Waals surface area contributed by atoms with Crippen LogP contribution in [0.25, 0.3) is 5.53 Å². The summed E-state index contributed by atoms with van der Waals surface area (Å²) in [5.41, 5.74) is 10.6. The van der Waals surface area contributed by atoms with Gasteiger partial charge in [-0.05, 0) is 25.0 Å². The van der Waals surface area contributed by atoms with E-state index in [1.807, 2.05) is 42.5 Å². The number of hydrogen-bond donors (Lipinski definition) is 0. The second-order valence-electron chi connectivity index (χ2n) is 5.65. The molecule has 0 N–H and O–H groups in total. The van der Waals surface area contributed by atoms with Crippen LogP contribution in [0.15, 0.2) is 60.7 Å². The average molecular weight is 334 g/mol. The Morgan fingerprint density at radius 1 is 1.08 bits per heavy atom. The predicted molar refractivity (Wildman–Crippen MR) is 93.8 cm³/mol. The van der Waals surface area contributed by atoms with E-state index in [4.69, 9.17) is 15.0 Å². The van der Waals surface area contributed by atoms with Crippen molar-refractivity contribution in [3.63, 3.8) is 0 Å². The topological polar surface area (TPSA) is 71.9 Å². The van der Waals surface area contributed by atoms with Gasteiger partial charge in [0.1, 0.15) is 18.1 Å². The van der Waals surface area contributed by atoms with E-state index in [2.05, 4.69) is 16.9 Å². The minimum atomic E-state index is -0.667. The highest BCUT2D eigenvalue weighted by atomic mass is 16.5. The molecule has 0 aliphatic carbocycles. The Morgan fingerprint density at radius 2 is 1.72 bits per heavy atom. The summed E-state index contributed by atoms with van der Waals surface area (Å²) in [6.45, 7) is 0.159. The molecule has 5 nitrogen and oxygen atoms in total. The van der Waals surface area contributed by atoms with E-state index in [1.165, 1.54) is 11.1 Å². The van der Waals surface area contributed by atoms with E-state index in [0.717, 1.165) is 30.6 Å². The molecule has 0 radical (unpaired) electrons. The highest BCUT2D eigenvalue weighted by Gasteiger charge is 2.25. The Balaban J connectivity index is 1.64. The van der Waals surface area contributed by atoms with Crippen molar-refractivity contribution in [2.24, 2.45) is 0 Å². The molecule has 3 rings (SSSR count). The van der Waals surface area contributed by atoms with Crippen LogP contribution in [0.3, 0.4) is 0 Å². The van der Waals surface area contributed by atoms with Crippen molar-refractivity contribution in [1.82, 2.24) is 0 Å². The van der Waals surface area contributed by atoms with Crippen molar-refractivity contribution < 1.29 is 19.1 Å². The van der Waals surface area contributed by atoms with Crippen LogP contribution >= 0.6 is 0 Å². The number of esters is 1. The lowest BCUT2D eigenvalue weighted by Gasteiger charge is -2.28. The molecule has 0 fully saturated rings. The van der Waals surface area contributed by atoms with Gasteiger partial charge < -0.3 is 15.0 Å². The molecule has 0 saturated heterocycles. The van der Waals surface area contributed by atoms with E-state index in [1.54, 1.807) is 6.08 Å². The van der Waals surface area contributed by atoms with E-state index in [-0.39, 0.29) is 12.5 Å². The van der Waals surface area contributed by atoms with Gasteiger partial charge in [-0.3, -0.25) is 0 Å². The zero-order chi connectivity index (χ0) is 17.5. The summed E-state index contributed by atoms with van der Waals surface area (Å²) in [5, 5.41) is 0. The monoisotopic (exact) mass is 334 g/mol. The fourth-order valence-corrected chi connectivity index (χ4v) is 2.98. The fourth-order valence-electron chi connectivity index (χ4n) is 2.98. The van der Waals surface area contributed by atoms with E-state index in [9.17, 15) is 4.79 Å². The fraction of sp³-hybridized carbons (Fsp3) is 0.200. The summed E-state index contributed by atoms with van der Waals surface area (Å²) < 4.78 is 10.8. The van der Waals surface area contributed by atoms with Gasteiger partial charge in [0.05, 0.1) is 0 Å². The second-order valence-corrected chi connectivity index (χ2v) is 5.65. The van der Waals surface area contributed by atoms with Crippen LogP contribution in [0.5, 0.6) is 11.5 Å². The summed E-state index contributed by atoms with van der Waals surface area (Å²) in [6, 6.07) is 16.2. The number of fused-ring (bicyclic) bond motifs is 2. The SMILES string of the molecule is [N-]=[N+]=CC(=O)OC/C=C\CCC1c2ccccc2Oc2ccccc21. The van der Waals surface area contributed by atoms with E-state index >= 15 is 0 Å². The van der Waals surface area contributed by atoms with Gasteiger partial charge in [-0.2, -0.15) is 4.79 Å². The number of nitrogens with zero attached hydrogens (tertiary/aromatic N) is 2. The van der Waals surface area contributed by atoms with Gasteiger partial charge in [-0.15, -0.1) is 0 Å². The van der Waals surface area contributed by atoms with Crippen molar-refractivity contribution in [2.45, 2.75) is 18.8 Å². The molecule has 0 amide bonds. The minimum Gasteiger partial charge on any atom is -0.457 e. The van der Waals surface area contributed by atoms with Gasteiger partial charge in [0, 0.05) is 17.0 Å². The summed E-state index contributed by atoms with van der Waals surface area (Å²) in [4.78, 5) is 13.6. The molecule has 126 valence electrons. The number of benzene rings is 2. The standard InChI is InChI=1S/C20H18N2O3/c21-22-14-20(23)24-13-7-1-2-8-15-16-9-3-5-11-18(16)25-19-12-6-4-10-17(15)19/h1,3-7,9-12,14-15H,2,8,13H2/b7-1-. The van der Waals surface area contributed by atoms with Crippen LogP contribution in [0.2, 0.25) is 0 Å². The maximum absolute atomic E-state index is 11.0. The number of carbonyl (C=O) groups is 1. The van der Waals surface area contributed by atoms with Crippen LogP contribution < -0.4 is 4.74 Å². The maximum Gasteiger partial charge on any atom is 0.413 e. The van der Waals surface area contributed by atoms with Gasteiger partial charge in [0.25, 0.3) is 0 Å². The first-order valence-corrected chi connectivity index (χ1v) is 8.14. The van der Waals surface area contributed by atoms with Crippen LogP contribution in [0.4, 0.5) is 0 Å². The molecule has 1 aliphatic heterocycles. The third kappa shape index (κ3) is 4.03. The van der Waals surface area contributed by atoms with Crippen molar-refractivity contribution in [1.29, 1.82) is 0 Å². The van der Waals surface area contributed by atoms with Crippen molar-refractivity contribution in [2.75, 3.05) is 6.61 Å². The molecule has 0 saturated carbocycles. The molecule has 0 spiro atoms. The van der Waals surface area contributed by atoms with Gasteiger partial charge >= 0.3 is 12.2 Å². The maximum atomic E-state index is 11.0. The lowest BCUT2D eigenvalue weighted by Crippen LogP contribution is -2.10. The number of allylic oxidation sites excluding steroid dienone is 1. The van der Waals surface area contributed by atoms with Crippen LogP contribution in [0, 0.1) is 0 Å². The summed E-state index contributed by atoms with van der Waals surface area (Å²) in [5.74, 6) is 1.43. The predicted octanol–water partition coefficient (Wildman–Crippen LogP) is 4.10. The molecular weight excluding hydrogens is 316 g/mol. The van der Waals surface area contributed by atoms with Gasteiger partial charge in [-0.1, -0.05) is 48.6 Å². The zero-order valence-corrected chi connectivity index (χ0v) is 13.7. The van der Waals surface area contributed by atoms with Crippen LogP contribution in [0.1, 0.15) is 29.9 Å². The molecule has 0 aromatic heterocycles. The number of carbonyl (C=O) groups excluding carboxylic acids is 1. The van der Waals surface area contributed by atoms with Crippen molar-refractivity contribution in [3.05, 3.63) is 77.3 Å². The summed E-state index contributed by atoms with van der Waals surface area (Å²) >= 11 is 0. The largest absolute Gasteiger partial charge is 0.457 e. The Kier molecular flexibility index (Phi) is 5.39. The smallest absolute Gasteiger partial charge is 0.413 e. The molecule has 0 unspecified atom stereocenters. The zero-order valence-electron chi connectivity index (χ0n) is 13.7. The number of para-hydroxylation sites is 2. The van der Waals surface area contributed by atoms with Crippen LogP contribution in [-0.4, -0.2) is 23.6 Å². The molecule has 2 aromatic rings. The highest BCUT2D eigenvalue weighted by Crippen LogP contribution is 2.45. The van der Waals surface area contributed by atoms with Crippen molar-refractivity contribution >= 4 is 12.2 Å². The first-order chi connectivity index (χ1) is 12.3. The van der Waals surface area contributed by atoms with Gasteiger partial charge in [-0.25, -0.2) is 4.79 Å². The molecule has 1 aliphatic rings. The van der Waals surface area contributed by atoms with E-state index < -0.39 is 5.97 Å². The molecule has 25 heavy (non-hydrogen) atoms. The third-order valence-electron chi connectivity index (χ3n) is 4.08. The van der Waals surface area contributed by atoms with Crippen molar-refractivity contribution in [3.8, 4) is 11.5 Å². The average Bonchev–Trinajstić information content (AvgIpc) is 2.64. The first-order valence-electron chi connectivity index (χ1n) is 8.14. The third-order valence-corrected chi connectivity index (χ3v) is 4.08. The highest BCUT2D eigenvalue weighted by molar-refractivity contribution is 6.20. The molecule has 5 heteroatoms. The molecule has 0 atom stereocenters. The minimum absolute atomic E-state index is 0.159. The lowest BCUT2D eigenvalue weighted by atomic mass is 9.85. The number of rotatable bonds is 6. The van der Waals surface area contributed by atoms with E-state index in [0.29, 0.717) is 0 Å². The van der Waals surface area contributed by atoms with Gasteiger partial charge in [0.15, 0.2) is 0 Å². The molecular formula is C20H18N2O3. The Morgan fingerprint density at radius 3 is 2.36 bits per heavy atom. The second kappa shape index (κ2) is 8.08. The molecule has 1 heterocycles. The van der Waals surface area contributed by atoms with Gasteiger partial charge in [0.2, 0.25) is 0 Å². The lowest BCUT2D eigenvalue weighted by molar-refractivity contribution is -0.137. The molecule has 2 aromatic carbocycles. The molecule has 0 bridgehead atoms. The summed E-state index contributed by atoms with van der Waals surface area (Å²) in [7, 11) is 0. The first kappa shape index (κ1) is 16.7. The normalized spacial score (nSPS) is 12.6. The quantitative estimate of drug-likeness (QED) is 0.262. The number of hydrogen-bond acceptors (Lipinski definition) is 3. The Bertz CT molecular complexity index is 793.